The molecule has 210 valence electrons. The summed E-state index contributed by atoms with van der Waals surface area (Å²) in [7, 11) is 0. The summed E-state index contributed by atoms with van der Waals surface area (Å²) < 4.78 is 0. The van der Waals surface area contributed by atoms with Gasteiger partial charge >= 0.3 is 0 Å². The maximum absolute atomic E-state index is 2.44. The van der Waals surface area contributed by atoms with Crippen LogP contribution in [-0.4, -0.2) is 0 Å². The van der Waals surface area contributed by atoms with Crippen LogP contribution in [0.1, 0.15) is 38.8 Å². The molecule has 6 aromatic rings. The first-order valence-electron chi connectivity index (χ1n) is 15.2. The van der Waals surface area contributed by atoms with Gasteiger partial charge in [0.15, 0.2) is 0 Å². The van der Waals surface area contributed by atoms with Crippen molar-refractivity contribution in [3.63, 3.8) is 0 Å². The van der Waals surface area contributed by atoms with Gasteiger partial charge in [0.05, 0.1) is 5.69 Å². The van der Waals surface area contributed by atoms with Gasteiger partial charge in [0.25, 0.3) is 0 Å². The molecule has 0 aromatic heterocycles. The molecule has 1 heteroatoms. The van der Waals surface area contributed by atoms with Gasteiger partial charge in [-0.1, -0.05) is 149 Å². The topological polar surface area (TPSA) is 3.24 Å². The molecule has 0 fully saturated rings. The van der Waals surface area contributed by atoms with Crippen LogP contribution < -0.4 is 4.90 Å². The molecule has 0 atom stereocenters. The van der Waals surface area contributed by atoms with Crippen molar-refractivity contribution in [2.24, 2.45) is 0 Å². The second-order valence-electron chi connectivity index (χ2n) is 12.6. The van der Waals surface area contributed by atoms with Crippen LogP contribution in [0.2, 0.25) is 0 Å². The van der Waals surface area contributed by atoms with Crippen molar-refractivity contribution < 1.29 is 0 Å². The van der Waals surface area contributed by atoms with Gasteiger partial charge in [0.2, 0.25) is 0 Å². The first-order chi connectivity index (χ1) is 20.9. The number of hydrogen-bond acceptors (Lipinski definition) is 1. The Hall–Kier alpha value is -4.88. The molecule has 0 aliphatic heterocycles. The second-order valence-corrected chi connectivity index (χ2v) is 12.6. The quantitative estimate of drug-likeness (QED) is 0.204. The van der Waals surface area contributed by atoms with E-state index in [0.717, 1.165) is 17.1 Å². The van der Waals surface area contributed by atoms with E-state index in [1.807, 2.05) is 0 Å². The van der Waals surface area contributed by atoms with E-state index in [4.69, 9.17) is 0 Å². The number of anilines is 3. The summed E-state index contributed by atoms with van der Waals surface area (Å²) in [6.45, 7) is 9.60. The molecule has 1 aliphatic carbocycles. The predicted octanol–water partition coefficient (Wildman–Crippen LogP) is 11.7. The summed E-state index contributed by atoms with van der Waals surface area (Å²) in [5, 5.41) is 0. The molecule has 1 nitrogen and oxygen atoms in total. The van der Waals surface area contributed by atoms with Crippen molar-refractivity contribution in [2.45, 2.75) is 38.5 Å². The fourth-order valence-electron chi connectivity index (χ4n) is 6.85. The fourth-order valence-corrected chi connectivity index (χ4v) is 6.85. The lowest BCUT2D eigenvalue weighted by atomic mass is 9.55. The van der Waals surface area contributed by atoms with Crippen molar-refractivity contribution in [3.8, 4) is 33.4 Å². The molecule has 0 saturated heterocycles. The minimum Gasteiger partial charge on any atom is -0.310 e. The second kappa shape index (κ2) is 10.4. The van der Waals surface area contributed by atoms with Crippen LogP contribution in [-0.2, 0) is 10.8 Å². The van der Waals surface area contributed by atoms with Gasteiger partial charge in [-0.2, -0.15) is 0 Å². The van der Waals surface area contributed by atoms with Crippen LogP contribution in [0, 0.1) is 0 Å². The van der Waals surface area contributed by atoms with E-state index < -0.39 is 0 Å². The lowest BCUT2D eigenvalue weighted by Crippen LogP contribution is -2.43. The average Bonchev–Trinajstić information content (AvgIpc) is 3.05. The molecule has 0 bridgehead atoms. The van der Waals surface area contributed by atoms with Crippen molar-refractivity contribution in [1.82, 2.24) is 0 Å². The van der Waals surface area contributed by atoms with Crippen LogP contribution in [0.4, 0.5) is 17.1 Å². The predicted molar refractivity (Wildman–Crippen MR) is 183 cm³/mol. The summed E-state index contributed by atoms with van der Waals surface area (Å²) >= 11 is 0. The molecule has 6 aromatic carbocycles. The molecular formula is C42H37N. The molecule has 1 aliphatic rings. The minimum atomic E-state index is -0.0749. The molecule has 7 rings (SSSR count). The summed E-state index contributed by atoms with van der Waals surface area (Å²) in [6.07, 6.45) is 0. The Kier molecular flexibility index (Phi) is 6.55. The zero-order valence-corrected chi connectivity index (χ0v) is 25.4. The number of nitrogens with zero attached hydrogens (tertiary/aromatic N) is 1. The van der Waals surface area contributed by atoms with E-state index in [-0.39, 0.29) is 10.8 Å². The third-order valence-corrected chi connectivity index (χ3v) is 9.85. The number of hydrogen-bond donors (Lipinski definition) is 0. The van der Waals surface area contributed by atoms with Crippen LogP contribution in [0.15, 0.2) is 152 Å². The zero-order chi connectivity index (χ0) is 29.6. The largest absolute Gasteiger partial charge is 0.310 e. The standard InChI is InChI=1S/C42H37N/c1-41(2)38-25-15-13-23-35(38)36-28-27-32(29-39(36)42(41,3)4)43(31-19-9-6-10-20-31)40-26-16-14-24-37(40)34-22-12-11-21-33(34)30-17-7-5-8-18-30/h5-29H,1-4H3. The van der Waals surface area contributed by atoms with Gasteiger partial charge in [-0.15, -0.1) is 0 Å². The summed E-state index contributed by atoms with van der Waals surface area (Å²) in [5.74, 6) is 0. The number of para-hydroxylation sites is 2. The van der Waals surface area contributed by atoms with E-state index in [0.29, 0.717) is 0 Å². The lowest BCUT2D eigenvalue weighted by molar-refractivity contribution is 0.299. The summed E-state index contributed by atoms with van der Waals surface area (Å²) in [5.41, 5.74) is 13.7. The Balaban J connectivity index is 1.46. The molecule has 0 heterocycles. The summed E-state index contributed by atoms with van der Waals surface area (Å²) in [4.78, 5) is 2.43. The highest BCUT2D eigenvalue weighted by molar-refractivity contribution is 5.94. The molecular weight excluding hydrogens is 518 g/mol. The average molecular weight is 556 g/mol. The fraction of sp³-hybridized carbons (Fsp3) is 0.143. The van der Waals surface area contributed by atoms with Gasteiger partial charge in [0, 0.05) is 16.9 Å². The maximum atomic E-state index is 2.44. The van der Waals surface area contributed by atoms with E-state index in [1.165, 1.54) is 44.5 Å². The van der Waals surface area contributed by atoms with Crippen molar-refractivity contribution >= 4 is 17.1 Å². The Bertz CT molecular complexity index is 1910. The SMILES string of the molecule is CC1(C)c2ccccc2-c2ccc(N(c3ccccc3)c3ccccc3-c3ccccc3-c3ccccc3)cc2C1(C)C. The first kappa shape index (κ1) is 27.0. The Labute approximate surface area is 256 Å². The molecule has 0 spiro atoms. The van der Waals surface area contributed by atoms with E-state index in [2.05, 4.69) is 184 Å². The molecule has 0 saturated carbocycles. The van der Waals surface area contributed by atoms with Gasteiger partial charge < -0.3 is 4.90 Å². The van der Waals surface area contributed by atoms with Crippen molar-refractivity contribution in [2.75, 3.05) is 4.90 Å². The molecule has 0 N–H and O–H groups in total. The van der Waals surface area contributed by atoms with E-state index in [1.54, 1.807) is 0 Å². The van der Waals surface area contributed by atoms with E-state index in [9.17, 15) is 0 Å². The van der Waals surface area contributed by atoms with E-state index >= 15 is 0 Å². The van der Waals surface area contributed by atoms with Gasteiger partial charge in [-0.25, -0.2) is 0 Å². The normalized spacial score (nSPS) is 14.4. The number of benzene rings is 6. The number of fused-ring (bicyclic) bond motifs is 3. The molecule has 0 amide bonds. The highest BCUT2D eigenvalue weighted by Gasteiger charge is 2.45. The monoisotopic (exact) mass is 555 g/mol. The van der Waals surface area contributed by atoms with Crippen LogP contribution in [0.5, 0.6) is 0 Å². The maximum Gasteiger partial charge on any atom is 0.0540 e. The summed E-state index contributed by atoms with van der Waals surface area (Å²) in [6, 6.07) is 55.1. The Morgan fingerprint density at radius 1 is 0.372 bits per heavy atom. The van der Waals surface area contributed by atoms with Gasteiger partial charge in [-0.3, -0.25) is 0 Å². The zero-order valence-electron chi connectivity index (χ0n) is 25.4. The Morgan fingerprint density at radius 2 is 0.884 bits per heavy atom. The van der Waals surface area contributed by atoms with Gasteiger partial charge in [0.1, 0.15) is 0 Å². The van der Waals surface area contributed by atoms with Crippen LogP contribution in [0.25, 0.3) is 33.4 Å². The third-order valence-electron chi connectivity index (χ3n) is 9.85. The van der Waals surface area contributed by atoms with Crippen molar-refractivity contribution in [3.05, 3.63) is 163 Å². The minimum absolute atomic E-state index is 0.0284. The van der Waals surface area contributed by atoms with Crippen LogP contribution in [0.3, 0.4) is 0 Å². The highest BCUT2D eigenvalue weighted by Crippen LogP contribution is 2.55. The van der Waals surface area contributed by atoms with Gasteiger partial charge in [-0.05, 0) is 80.1 Å². The Morgan fingerprint density at radius 3 is 1.60 bits per heavy atom. The molecule has 43 heavy (non-hydrogen) atoms. The molecule has 0 unspecified atom stereocenters. The van der Waals surface area contributed by atoms with Crippen LogP contribution >= 0.6 is 0 Å². The number of rotatable bonds is 5. The smallest absolute Gasteiger partial charge is 0.0540 e. The third kappa shape index (κ3) is 4.39. The first-order valence-corrected chi connectivity index (χ1v) is 15.2. The highest BCUT2D eigenvalue weighted by atomic mass is 15.1. The van der Waals surface area contributed by atoms with Crippen molar-refractivity contribution in [1.29, 1.82) is 0 Å². The molecule has 0 radical (unpaired) electrons. The lowest BCUT2D eigenvalue weighted by Gasteiger charge is -2.48.